The zero-order valence-electron chi connectivity index (χ0n) is 10.9. The first-order valence-electron chi connectivity index (χ1n) is 7.03. The van der Waals surface area contributed by atoms with Gasteiger partial charge in [-0.3, -0.25) is 10.2 Å². The van der Waals surface area contributed by atoms with Crippen LogP contribution < -0.4 is 5.43 Å². The van der Waals surface area contributed by atoms with Crippen molar-refractivity contribution in [1.29, 1.82) is 0 Å². The first kappa shape index (κ1) is 13.8. The van der Waals surface area contributed by atoms with E-state index in [1.54, 1.807) is 0 Å². The van der Waals surface area contributed by atoms with Crippen LogP contribution in [0.5, 0.6) is 0 Å². The smallest absolute Gasteiger partial charge is 0.306 e. The van der Waals surface area contributed by atoms with E-state index in [4.69, 9.17) is 5.11 Å². The molecule has 0 unspecified atom stereocenters. The molecule has 0 atom stereocenters. The van der Waals surface area contributed by atoms with Gasteiger partial charge < -0.3 is 10.2 Å². The highest BCUT2D eigenvalue weighted by Gasteiger charge is 2.35. The fraction of sp³-hybridized carbons (Fsp3) is 0.923. The van der Waals surface area contributed by atoms with E-state index in [2.05, 4.69) is 10.4 Å². The number of carbonyl (C=O) groups is 1. The van der Waals surface area contributed by atoms with Crippen LogP contribution >= 0.6 is 0 Å². The van der Waals surface area contributed by atoms with Crippen molar-refractivity contribution in [3.05, 3.63) is 0 Å². The molecule has 1 saturated carbocycles. The van der Waals surface area contributed by atoms with Crippen LogP contribution in [0, 0.1) is 5.92 Å². The van der Waals surface area contributed by atoms with E-state index in [1.807, 2.05) is 0 Å². The summed E-state index contributed by atoms with van der Waals surface area (Å²) in [7, 11) is 0. The van der Waals surface area contributed by atoms with Crippen LogP contribution in [-0.2, 0) is 4.79 Å². The number of hydrogen-bond donors (Lipinski definition) is 3. The van der Waals surface area contributed by atoms with Crippen molar-refractivity contribution >= 4 is 5.97 Å². The second kappa shape index (κ2) is 5.99. The normalized spacial score (nSPS) is 34.4. The van der Waals surface area contributed by atoms with Crippen molar-refractivity contribution in [3.63, 3.8) is 0 Å². The number of aliphatic carboxylic acids is 1. The van der Waals surface area contributed by atoms with Gasteiger partial charge >= 0.3 is 5.97 Å². The molecule has 0 amide bonds. The Morgan fingerprint density at radius 3 is 2.39 bits per heavy atom. The first-order valence-corrected chi connectivity index (χ1v) is 7.03. The van der Waals surface area contributed by atoms with Gasteiger partial charge in [-0.25, -0.2) is 5.01 Å². The molecule has 5 heteroatoms. The third-order valence-electron chi connectivity index (χ3n) is 4.25. The third-order valence-corrected chi connectivity index (χ3v) is 4.25. The predicted octanol–water partition coefficient (Wildman–Crippen LogP) is 0.983. The van der Waals surface area contributed by atoms with Crippen LogP contribution in [0.2, 0.25) is 0 Å². The van der Waals surface area contributed by atoms with Gasteiger partial charge in [0.2, 0.25) is 0 Å². The molecule has 1 heterocycles. The largest absolute Gasteiger partial charge is 0.481 e. The van der Waals surface area contributed by atoms with Crippen LogP contribution in [0.15, 0.2) is 0 Å². The van der Waals surface area contributed by atoms with Crippen LogP contribution in [0.1, 0.15) is 44.9 Å². The highest BCUT2D eigenvalue weighted by molar-refractivity contribution is 5.70. The van der Waals surface area contributed by atoms with Gasteiger partial charge in [-0.05, 0) is 38.5 Å². The Kier molecular flexibility index (Phi) is 4.59. The van der Waals surface area contributed by atoms with E-state index < -0.39 is 11.6 Å². The number of aliphatic hydroxyl groups is 1. The molecule has 5 nitrogen and oxygen atoms in total. The fourth-order valence-corrected chi connectivity index (χ4v) is 2.89. The number of rotatable bonds is 4. The van der Waals surface area contributed by atoms with E-state index >= 15 is 0 Å². The molecule has 3 N–H and O–H groups in total. The molecule has 0 bridgehead atoms. The maximum atomic E-state index is 10.9. The molecule has 2 fully saturated rings. The van der Waals surface area contributed by atoms with E-state index in [1.165, 1.54) is 19.3 Å². The highest BCUT2D eigenvalue weighted by atomic mass is 16.4. The Labute approximate surface area is 108 Å². The molecule has 0 aromatic heterocycles. The molecule has 2 aliphatic rings. The van der Waals surface area contributed by atoms with Gasteiger partial charge in [0.25, 0.3) is 0 Å². The quantitative estimate of drug-likeness (QED) is 0.699. The molecular formula is C13H24N2O3. The lowest BCUT2D eigenvalue weighted by Gasteiger charge is -2.37. The third kappa shape index (κ3) is 3.67. The number of hydrogen-bond acceptors (Lipinski definition) is 4. The summed E-state index contributed by atoms with van der Waals surface area (Å²) in [5.74, 6) is -0.985. The molecule has 2 rings (SSSR count). The van der Waals surface area contributed by atoms with Crippen molar-refractivity contribution in [2.75, 3.05) is 19.6 Å². The zero-order valence-corrected chi connectivity index (χ0v) is 10.9. The van der Waals surface area contributed by atoms with Crippen molar-refractivity contribution < 1.29 is 15.0 Å². The Balaban J connectivity index is 1.73. The SMILES string of the molecule is O=C(O)C1CCC(O)(CNN2CCCCC2)CC1. The summed E-state index contributed by atoms with van der Waals surface area (Å²) in [4.78, 5) is 10.9. The topological polar surface area (TPSA) is 72.8 Å². The van der Waals surface area contributed by atoms with Crippen molar-refractivity contribution in [2.45, 2.75) is 50.5 Å². The van der Waals surface area contributed by atoms with Crippen LogP contribution in [0.4, 0.5) is 0 Å². The number of carboxylic acids is 1. The van der Waals surface area contributed by atoms with Crippen molar-refractivity contribution in [1.82, 2.24) is 10.4 Å². The average Bonchev–Trinajstić information content (AvgIpc) is 2.38. The molecular weight excluding hydrogens is 232 g/mol. The first-order chi connectivity index (χ1) is 8.59. The van der Waals surface area contributed by atoms with E-state index in [0.717, 1.165) is 13.1 Å². The van der Waals surface area contributed by atoms with Crippen LogP contribution in [0.3, 0.4) is 0 Å². The summed E-state index contributed by atoms with van der Waals surface area (Å²) < 4.78 is 0. The maximum Gasteiger partial charge on any atom is 0.306 e. The van der Waals surface area contributed by atoms with E-state index in [-0.39, 0.29) is 5.92 Å². The molecule has 18 heavy (non-hydrogen) atoms. The minimum absolute atomic E-state index is 0.264. The summed E-state index contributed by atoms with van der Waals surface area (Å²) in [6.07, 6.45) is 6.08. The molecule has 104 valence electrons. The Hall–Kier alpha value is -0.650. The summed E-state index contributed by atoms with van der Waals surface area (Å²) in [5.41, 5.74) is 2.59. The monoisotopic (exact) mass is 256 g/mol. The molecule has 1 saturated heterocycles. The lowest BCUT2D eigenvalue weighted by Crippen LogP contribution is -2.51. The molecule has 1 aliphatic heterocycles. The molecule has 0 aromatic carbocycles. The lowest BCUT2D eigenvalue weighted by atomic mass is 9.79. The van der Waals surface area contributed by atoms with E-state index in [0.29, 0.717) is 32.2 Å². The number of carboxylic acid groups (broad SMARTS) is 1. The van der Waals surface area contributed by atoms with Gasteiger partial charge in [0.1, 0.15) is 0 Å². The summed E-state index contributed by atoms with van der Waals surface area (Å²) in [6.45, 7) is 2.65. The summed E-state index contributed by atoms with van der Waals surface area (Å²) in [5, 5.41) is 21.5. The lowest BCUT2D eigenvalue weighted by molar-refractivity contribution is -0.144. The molecule has 0 aromatic rings. The minimum atomic E-state index is -0.721. The zero-order chi connectivity index (χ0) is 13.0. The highest BCUT2D eigenvalue weighted by Crippen LogP contribution is 2.31. The van der Waals surface area contributed by atoms with Crippen LogP contribution in [0.25, 0.3) is 0 Å². The van der Waals surface area contributed by atoms with Gasteiger partial charge in [0.15, 0.2) is 0 Å². The maximum absolute atomic E-state index is 10.9. The van der Waals surface area contributed by atoms with Gasteiger partial charge in [0.05, 0.1) is 11.5 Å². The Morgan fingerprint density at radius 2 is 1.83 bits per heavy atom. The standard InChI is InChI=1S/C13H24N2O3/c16-12(17)11-4-6-13(18,7-5-11)10-14-15-8-2-1-3-9-15/h11,14,18H,1-10H2,(H,16,17). The summed E-state index contributed by atoms with van der Waals surface area (Å²) >= 11 is 0. The average molecular weight is 256 g/mol. The molecule has 1 aliphatic carbocycles. The second-order valence-electron chi connectivity index (χ2n) is 5.72. The second-order valence-corrected chi connectivity index (χ2v) is 5.72. The van der Waals surface area contributed by atoms with Gasteiger partial charge in [0, 0.05) is 19.6 Å². The number of nitrogens with zero attached hydrogens (tertiary/aromatic N) is 1. The van der Waals surface area contributed by atoms with Gasteiger partial charge in [-0.2, -0.15) is 0 Å². The predicted molar refractivity (Wildman–Crippen MR) is 68.0 cm³/mol. The Morgan fingerprint density at radius 1 is 1.22 bits per heavy atom. The molecule has 0 spiro atoms. The van der Waals surface area contributed by atoms with Crippen molar-refractivity contribution in [2.24, 2.45) is 5.92 Å². The number of hydrazine groups is 1. The van der Waals surface area contributed by atoms with Crippen LogP contribution in [-0.4, -0.2) is 46.4 Å². The van der Waals surface area contributed by atoms with Gasteiger partial charge in [-0.15, -0.1) is 0 Å². The van der Waals surface area contributed by atoms with Crippen molar-refractivity contribution in [3.8, 4) is 0 Å². The Bertz CT molecular complexity index is 282. The van der Waals surface area contributed by atoms with Gasteiger partial charge in [-0.1, -0.05) is 6.42 Å². The minimum Gasteiger partial charge on any atom is -0.481 e. The van der Waals surface area contributed by atoms with E-state index in [9.17, 15) is 9.90 Å². The summed E-state index contributed by atoms with van der Waals surface area (Å²) in [6, 6.07) is 0. The number of piperidine rings is 1. The number of nitrogens with one attached hydrogen (secondary N) is 1. The fourth-order valence-electron chi connectivity index (χ4n) is 2.89. The molecule has 0 radical (unpaired) electrons.